The van der Waals surface area contributed by atoms with E-state index in [0.717, 1.165) is 61.7 Å². The predicted molar refractivity (Wildman–Crippen MR) is 126 cm³/mol. The molecule has 2 aromatic carbocycles. The summed E-state index contributed by atoms with van der Waals surface area (Å²) in [6.07, 6.45) is 3.85. The van der Waals surface area contributed by atoms with Crippen molar-refractivity contribution >= 4 is 0 Å². The second kappa shape index (κ2) is 8.87. The van der Waals surface area contributed by atoms with Crippen molar-refractivity contribution in [1.29, 1.82) is 0 Å². The summed E-state index contributed by atoms with van der Waals surface area (Å²) < 4.78 is 20.8. The molecule has 1 unspecified atom stereocenters. The van der Waals surface area contributed by atoms with E-state index in [-0.39, 0.29) is 5.54 Å². The summed E-state index contributed by atoms with van der Waals surface area (Å²) >= 11 is 0. The summed E-state index contributed by atoms with van der Waals surface area (Å²) in [5.74, 6) is 1.51. The number of alkyl halides is 1. The van der Waals surface area contributed by atoms with Gasteiger partial charge in [-0.2, -0.15) is 0 Å². The van der Waals surface area contributed by atoms with Crippen molar-refractivity contribution in [3.05, 3.63) is 77.0 Å². The van der Waals surface area contributed by atoms with E-state index >= 15 is 0 Å². The minimum absolute atomic E-state index is 0.0947. The number of ether oxygens (including phenoxy) is 1. The highest BCUT2D eigenvalue weighted by Crippen LogP contribution is 2.40. The lowest BCUT2D eigenvalue weighted by Gasteiger charge is -2.31. The van der Waals surface area contributed by atoms with Crippen LogP contribution in [0.2, 0.25) is 0 Å². The smallest absolute Gasteiger partial charge is 0.138 e. The highest BCUT2D eigenvalue weighted by atomic mass is 19.1. The summed E-state index contributed by atoms with van der Waals surface area (Å²) in [5, 5.41) is 6.83. The molecule has 5 heteroatoms. The predicted octanol–water partition coefficient (Wildman–Crippen LogP) is 4.86. The molecule has 170 valence electrons. The van der Waals surface area contributed by atoms with E-state index in [9.17, 15) is 4.39 Å². The van der Waals surface area contributed by atoms with Gasteiger partial charge in [0.1, 0.15) is 11.9 Å². The summed E-state index contributed by atoms with van der Waals surface area (Å²) in [4.78, 5) is 2.19. The SMILES string of the molecule is C=C(NCc1ccc(CN2Cc3ccc(OCC4CC4)cc3C(F)C2)cc1)C1(NC)CC1. The second-order valence-corrected chi connectivity index (χ2v) is 9.73. The van der Waals surface area contributed by atoms with E-state index < -0.39 is 6.17 Å². The van der Waals surface area contributed by atoms with Crippen LogP contribution in [0, 0.1) is 5.92 Å². The van der Waals surface area contributed by atoms with Gasteiger partial charge in [0, 0.05) is 31.9 Å². The average molecular weight is 436 g/mol. The number of likely N-dealkylation sites (N-methyl/N-ethyl adjacent to an activating group) is 1. The lowest BCUT2D eigenvalue weighted by molar-refractivity contribution is 0.158. The average Bonchev–Trinajstić information content (AvgIpc) is 3.72. The van der Waals surface area contributed by atoms with E-state index in [1.807, 2.05) is 25.2 Å². The lowest BCUT2D eigenvalue weighted by atomic mass is 9.97. The standard InChI is InChI=1S/C27H34FN3O/c1-19(27(29-2)11-12-27)30-14-20-3-5-21(6-4-20)15-31-16-23-9-10-24(32-18-22-7-8-22)13-25(23)26(28)17-31/h3-6,9-10,13,22,26,29-30H,1,7-8,11-12,14-18H2,2H3. The van der Waals surface area contributed by atoms with Gasteiger partial charge in [-0.1, -0.05) is 36.9 Å². The maximum atomic E-state index is 15.0. The van der Waals surface area contributed by atoms with Crippen molar-refractivity contribution in [3.63, 3.8) is 0 Å². The molecular weight excluding hydrogens is 401 g/mol. The van der Waals surface area contributed by atoms with Gasteiger partial charge in [-0.15, -0.1) is 0 Å². The van der Waals surface area contributed by atoms with Crippen molar-refractivity contribution in [3.8, 4) is 5.75 Å². The van der Waals surface area contributed by atoms with Gasteiger partial charge in [-0.25, -0.2) is 4.39 Å². The number of halogens is 1. The van der Waals surface area contributed by atoms with Crippen LogP contribution in [0.15, 0.2) is 54.7 Å². The molecule has 2 aromatic rings. The highest BCUT2D eigenvalue weighted by Gasteiger charge is 2.43. The summed E-state index contributed by atoms with van der Waals surface area (Å²) in [7, 11) is 2.00. The van der Waals surface area contributed by atoms with Gasteiger partial charge in [-0.3, -0.25) is 4.90 Å². The Labute approximate surface area is 190 Å². The fraction of sp³-hybridized carbons (Fsp3) is 0.481. The Balaban J connectivity index is 1.15. The Bertz CT molecular complexity index is 965. The molecule has 4 nitrogen and oxygen atoms in total. The molecule has 32 heavy (non-hydrogen) atoms. The molecule has 2 saturated carbocycles. The number of hydrogen-bond donors (Lipinski definition) is 2. The second-order valence-electron chi connectivity index (χ2n) is 9.73. The molecule has 1 aliphatic heterocycles. The molecule has 0 saturated heterocycles. The molecule has 2 N–H and O–H groups in total. The summed E-state index contributed by atoms with van der Waals surface area (Å²) in [5.41, 5.74) is 5.48. The minimum atomic E-state index is -0.973. The van der Waals surface area contributed by atoms with Gasteiger partial charge in [0.05, 0.1) is 12.1 Å². The fourth-order valence-corrected chi connectivity index (χ4v) is 4.57. The number of nitrogens with zero attached hydrogens (tertiary/aromatic N) is 1. The quantitative estimate of drug-likeness (QED) is 0.559. The number of rotatable bonds is 10. The van der Waals surface area contributed by atoms with E-state index in [4.69, 9.17) is 4.74 Å². The molecule has 5 rings (SSSR count). The van der Waals surface area contributed by atoms with Crippen LogP contribution in [0.4, 0.5) is 4.39 Å². The largest absolute Gasteiger partial charge is 0.493 e. The zero-order chi connectivity index (χ0) is 22.1. The molecule has 1 heterocycles. The third-order valence-electron chi connectivity index (χ3n) is 7.19. The molecular formula is C27H34FN3O. The molecule has 2 fully saturated rings. The summed E-state index contributed by atoms with van der Waals surface area (Å²) in [6.45, 7) is 7.68. The minimum Gasteiger partial charge on any atom is -0.493 e. The van der Waals surface area contributed by atoms with Crippen LogP contribution in [0.3, 0.4) is 0 Å². The van der Waals surface area contributed by atoms with Crippen LogP contribution in [-0.2, 0) is 19.6 Å². The van der Waals surface area contributed by atoms with E-state index in [0.29, 0.717) is 12.5 Å². The first-order valence-electron chi connectivity index (χ1n) is 11.9. The Kier molecular flexibility index (Phi) is 5.95. The van der Waals surface area contributed by atoms with E-state index in [2.05, 4.69) is 46.4 Å². The number of benzene rings is 2. The first-order chi connectivity index (χ1) is 15.5. The first-order valence-corrected chi connectivity index (χ1v) is 11.9. The van der Waals surface area contributed by atoms with Crippen molar-refractivity contribution < 1.29 is 9.13 Å². The number of nitrogens with one attached hydrogen (secondary N) is 2. The van der Waals surface area contributed by atoms with Crippen LogP contribution in [-0.4, -0.2) is 30.6 Å². The molecule has 2 aliphatic carbocycles. The van der Waals surface area contributed by atoms with Crippen LogP contribution in [0.1, 0.15) is 54.1 Å². The topological polar surface area (TPSA) is 36.5 Å². The normalized spacial score (nSPS) is 21.6. The molecule has 3 aliphatic rings. The van der Waals surface area contributed by atoms with Gasteiger partial charge in [-0.05, 0) is 73.0 Å². The molecule has 0 radical (unpaired) electrons. The van der Waals surface area contributed by atoms with Crippen molar-refractivity contribution in [2.24, 2.45) is 5.92 Å². The molecule has 1 atom stereocenters. The van der Waals surface area contributed by atoms with E-state index in [1.54, 1.807) is 0 Å². The Morgan fingerprint density at radius 2 is 1.91 bits per heavy atom. The maximum absolute atomic E-state index is 15.0. The van der Waals surface area contributed by atoms with Crippen LogP contribution in [0.5, 0.6) is 5.75 Å². The molecule has 0 aromatic heterocycles. The van der Waals surface area contributed by atoms with Crippen LogP contribution >= 0.6 is 0 Å². The molecule has 0 spiro atoms. The van der Waals surface area contributed by atoms with E-state index in [1.165, 1.54) is 24.0 Å². The third kappa shape index (κ3) is 4.84. The Hall–Kier alpha value is -2.37. The monoisotopic (exact) mass is 435 g/mol. The van der Waals surface area contributed by atoms with Crippen LogP contribution < -0.4 is 15.4 Å². The lowest BCUT2D eigenvalue weighted by Crippen LogP contribution is -2.35. The van der Waals surface area contributed by atoms with Crippen molar-refractivity contribution in [1.82, 2.24) is 15.5 Å². The van der Waals surface area contributed by atoms with Crippen LogP contribution in [0.25, 0.3) is 0 Å². The summed E-state index contributed by atoms with van der Waals surface area (Å²) in [6, 6.07) is 14.6. The van der Waals surface area contributed by atoms with Gasteiger partial charge >= 0.3 is 0 Å². The highest BCUT2D eigenvalue weighted by molar-refractivity contribution is 5.39. The maximum Gasteiger partial charge on any atom is 0.138 e. The van der Waals surface area contributed by atoms with Gasteiger partial charge in [0.2, 0.25) is 0 Å². The Morgan fingerprint density at radius 3 is 2.59 bits per heavy atom. The van der Waals surface area contributed by atoms with Crippen molar-refractivity contribution in [2.45, 2.75) is 57.0 Å². The first kappa shape index (κ1) is 21.5. The van der Waals surface area contributed by atoms with Crippen molar-refractivity contribution in [2.75, 3.05) is 20.2 Å². The zero-order valence-corrected chi connectivity index (χ0v) is 19.0. The van der Waals surface area contributed by atoms with Gasteiger partial charge in [0.25, 0.3) is 0 Å². The Morgan fingerprint density at radius 1 is 1.16 bits per heavy atom. The molecule has 0 amide bonds. The van der Waals surface area contributed by atoms with Gasteiger partial charge in [0.15, 0.2) is 0 Å². The fourth-order valence-electron chi connectivity index (χ4n) is 4.57. The third-order valence-corrected chi connectivity index (χ3v) is 7.19. The number of hydrogen-bond acceptors (Lipinski definition) is 4. The number of fused-ring (bicyclic) bond motifs is 1. The zero-order valence-electron chi connectivity index (χ0n) is 19.0. The molecule has 0 bridgehead atoms. The van der Waals surface area contributed by atoms with Gasteiger partial charge < -0.3 is 15.4 Å².